The molecule has 3 saturated heterocycles. The largest absolute Gasteiger partial charge is 0.298 e. The molecular formula is C25H51F2N3. The highest BCUT2D eigenvalue weighted by atomic mass is 19.3. The normalized spacial score (nSPS) is 24.1. The third kappa shape index (κ3) is 10.4. The Morgan fingerprint density at radius 1 is 0.467 bits per heavy atom. The van der Waals surface area contributed by atoms with Crippen molar-refractivity contribution in [3.8, 4) is 0 Å². The topological polar surface area (TPSA) is 9.72 Å². The van der Waals surface area contributed by atoms with E-state index in [1.165, 1.54) is 64.7 Å². The molecule has 3 heterocycles. The van der Waals surface area contributed by atoms with Gasteiger partial charge in [0.2, 0.25) is 0 Å². The molecule has 180 valence electrons. The maximum atomic E-state index is 12.3. The molecule has 0 radical (unpaired) electrons. The predicted octanol–water partition coefficient (Wildman–Crippen LogP) is 6.28. The monoisotopic (exact) mass is 431 g/mol. The first-order chi connectivity index (χ1) is 13.5. The summed E-state index contributed by atoms with van der Waals surface area (Å²) in [6.07, 6.45) is 8.47. The van der Waals surface area contributed by atoms with Gasteiger partial charge in [-0.25, -0.2) is 8.78 Å². The van der Waals surface area contributed by atoms with Gasteiger partial charge in [-0.3, -0.25) is 14.7 Å². The summed E-state index contributed by atoms with van der Waals surface area (Å²) >= 11 is 0. The van der Waals surface area contributed by atoms with Crippen molar-refractivity contribution in [1.82, 2.24) is 14.7 Å². The molecule has 5 heteroatoms. The third-order valence-corrected chi connectivity index (χ3v) is 6.40. The van der Waals surface area contributed by atoms with Gasteiger partial charge in [-0.15, -0.1) is 0 Å². The molecule has 3 rings (SSSR count). The molecule has 0 N–H and O–H groups in total. The number of halogens is 2. The molecule has 0 bridgehead atoms. The van der Waals surface area contributed by atoms with Gasteiger partial charge in [0.05, 0.1) is 13.1 Å². The zero-order valence-corrected chi connectivity index (χ0v) is 21.6. The Labute approximate surface area is 186 Å². The Hall–Kier alpha value is -0.260. The molecule has 3 aliphatic heterocycles. The summed E-state index contributed by atoms with van der Waals surface area (Å²) in [6, 6.07) is 0. The average Bonchev–Trinajstić information content (AvgIpc) is 2.60. The molecule has 3 nitrogen and oxygen atoms in total. The Bertz CT molecular complexity index is 438. The van der Waals surface area contributed by atoms with Gasteiger partial charge in [0.25, 0.3) is 5.92 Å². The van der Waals surface area contributed by atoms with Crippen molar-refractivity contribution in [1.29, 1.82) is 0 Å². The van der Waals surface area contributed by atoms with E-state index < -0.39 is 5.92 Å². The molecule has 0 spiro atoms. The fourth-order valence-electron chi connectivity index (χ4n) is 4.12. The molecule has 3 aliphatic rings. The summed E-state index contributed by atoms with van der Waals surface area (Å²) in [5.41, 5.74) is 0.711. The van der Waals surface area contributed by atoms with Gasteiger partial charge in [-0.2, -0.15) is 0 Å². The van der Waals surface area contributed by atoms with Gasteiger partial charge in [0, 0.05) is 16.6 Å². The number of hydrogen-bond donors (Lipinski definition) is 0. The molecule has 0 atom stereocenters. The van der Waals surface area contributed by atoms with Crippen LogP contribution in [0.1, 0.15) is 101 Å². The number of hydrogen-bond acceptors (Lipinski definition) is 3. The number of piperidine rings is 2. The minimum absolute atomic E-state index is 0.0729. The Balaban J connectivity index is 0.000000225. The molecule has 0 aliphatic carbocycles. The van der Waals surface area contributed by atoms with E-state index in [-0.39, 0.29) is 18.6 Å². The van der Waals surface area contributed by atoms with Crippen LogP contribution in [0.2, 0.25) is 0 Å². The van der Waals surface area contributed by atoms with Crippen LogP contribution in [-0.4, -0.2) is 76.5 Å². The van der Waals surface area contributed by atoms with Crippen molar-refractivity contribution >= 4 is 0 Å². The maximum absolute atomic E-state index is 12.3. The Morgan fingerprint density at radius 3 is 0.867 bits per heavy atom. The second-order valence-corrected chi connectivity index (χ2v) is 12.3. The Kier molecular flexibility index (Phi) is 10.2. The lowest BCUT2D eigenvalue weighted by molar-refractivity contribution is -0.160. The molecule has 0 amide bonds. The van der Waals surface area contributed by atoms with Crippen LogP contribution in [0.4, 0.5) is 8.78 Å². The van der Waals surface area contributed by atoms with Gasteiger partial charge in [-0.1, -0.05) is 12.8 Å². The van der Waals surface area contributed by atoms with Crippen LogP contribution in [-0.2, 0) is 0 Å². The smallest absolute Gasteiger partial charge is 0.272 e. The summed E-state index contributed by atoms with van der Waals surface area (Å²) in [5.74, 6) is -2.42. The van der Waals surface area contributed by atoms with Gasteiger partial charge in [0.1, 0.15) is 0 Å². The molecule has 0 aromatic carbocycles. The van der Waals surface area contributed by atoms with E-state index in [4.69, 9.17) is 0 Å². The number of nitrogens with zero attached hydrogens (tertiary/aromatic N) is 3. The highest BCUT2D eigenvalue weighted by molar-refractivity contribution is 4.93. The van der Waals surface area contributed by atoms with Gasteiger partial charge in [0.15, 0.2) is 0 Å². The van der Waals surface area contributed by atoms with Crippen molar-refractivity contribution in [2.24, 2.45) is 0 Å². The first-order valence-corrected chi connectivity index (χ1v) is 12.2. The third-order valence-electron chi connectivity index (χ3n) is 6.40. The van der Waals surface area contributed by atoms with Gasteiger partial charge in [-0.05, 0) is 114 Å². The minimum Gasteiger partial charge on any atom is -0.298 e. The van der Waals surface area contributed by atoms with E-state index in [2.05, 4.69) is 51.3 Å². The van der Waals surface area contributed by atoms with Gasteiger partial charge < -0.3 is 0 Å². The van der Waals surface area contributed by atoms with Crippen LogP contribution in [0.15, 0.2) is 0 Å². The van der Waals surface area contributed by atoms with Crippen molar-refractivity contribution in [2.45, 2.75) is 123 Å². The van der Waals surface area contributed by atoms with E-state index in [9.17, 15) is 8.78 Å². The first kappa shape index (κ1) is 27.8. The maximum Gasteiger partial charge on any atom is 0.272 e. The molecule has 0 saturated carbocycles. The van der Waals surface area contributed by atoms with Crippen LogP contribution in [0.5, 0.6) is 0 Å². The second kappa shape index (κ2) is 11.0. The van der Waals surface area contributed by atoms with Crippen LogP contribution in [0.3, 0.4) is 0 Å². The highest BCUT2D eigenvalue weighted by Crippen LogP contribution is 2.32. The summed E-state index contributed by atoms with van der Waals surface area (Å²) in [5, 5.41) is 0. The highest BCUT2D eigenvalue weighted by Gasteiger charge is 2.47. The van der Waals surface area contributed by atoms with Crippen LogP contribution >= 0.6 is 0 Å². The molecular weight excluding hydrogens is 380 g/mol. The van der Waals surface area contributed by atoms with E-state index in [0.717, 1.165) is 0 Å². The van der Waals surface area contributed by atoms with Crippen molar-refractivity contribution < 1.29 is 8.78 Å². The number of likely N-dealkylation sites (tertiary alicyclic amines) is 3. The fraction of sp³-hybridized carbons (Fsp3) is 1.00. The van der Waals surface area contributed by atoms with Crippen LogP contribution < -0.4 is 0 Å². The average molecular weight is 432 g/mol. The molecule has 3 fully saturated rings. The quantitative estimate of drug-likeness (QED) is 0.447. The summed E-state index contributed by atoms with van der Waals surface area (Å²) in [4.78, 5) is 6.93. The Morgan fingerprint density at radius 2 is 0.733 bits per heavy atom. The van der Waals surface area contributed by atoms with Crippen molar-refractivity contribution in [2.75, 3.05) is 39.3 Å². The van der Waals surface area contributed by atoms with E-state index in [1.807, 2.05) is 20.8 Å². The molecule has 30 heavy (non-hydrogen) atoms. The summed E-state index contributed by atoms with van der Waals surface area (Å²) in [6.45, 7) is 24.8. The van der Waals surface area contributed by atoms with E-state index >= 15 is 0 Å². The summed E-state index contributed by atoms with van der Waals surface area (Å²) < 4.78 is 24.6. The molecule has 0 aromatic rings. The van der Waals surface area contributed by atoms with E-state index in [1.54, 1.807) is 4.90 Å². The van der Waals surface area contributed by atoms with Crippen LogP contribution in [0, 0.1) is 0 Å². The van der Waals surface area contributed by atoms with E-state index in [0.29, 0.717) is 11.1 Å². The van der Waals surface area contributed by atoms with Crippen LogP contribution in [0.25, 0.3) is 0 Å². The fourth-order valence-corrected chi connectivity index (χ4v) is 4.12. The number of rotatable bonds is 0. The SMILES string of the molecule is CC(C)(C)N1CC(F)(F)C1.CC(C)(C)N1CCCCC1.CC(C)(C)N1CCCCC1. The molecule has 0 unspecified atom stereocenters. The first-order valence-electron chi connectivity index (χ1n) is 12.2. The lowest BCUT2D eigenvalue weighted by Gasteiger charge is -2.47. The zero-order valence-electron chi connectivity index (χ0n) is 21.6. The van der Waals surface area contributed by atoms with Gasteiger partial charge >= 0.3 is 0 Å². The number of alkyl halides is 2. The second-order valence-electron chi connectivity index (χ2n) is 12.3. The molecule has 0 aromatic heterocycles. The zero-order chi connectivity index (χ0) is 23.2. The van der Waals surface area contributed by atoms with Crippen molar-refractivity contribution in [3.05, 3.63) is 0 Å². The lowest BCUT2D eigenvalue weighted by Crippen LogP contribution is -2.62. The predicted molar refractivity (Wildman–Crippen MR) is 127 cm³/mol. The van der Waals surface area contributed by atoms with Crippen molar-refractivity contribution in [3.63, 3.8) is 0 Å². The lowest BCUT2D eigenvalue weighted by atomic mass is 9.99. The minimum atomic E-state index is -2.42. The standard InChI is InChI=1S/2C9H19N.C7H13F2N/c2*1-9(2,3)10-7-5-4-6-8-10;1-6(2,3)10-4-7(8,9)5-10/h2*4-8H2,1-3H3;4-5H2,1-3H3. The summed E-state index contributed by atoms with van der Waals surface area (Å²) in [7, 11) is 0.